The third kappa shape index (κ3) is 6.31. The fraction of sp³-hybridized carbons (Fsp3) is 1.00. The molecule has 7 heavy (non-hydrogen) atoms. The fourth-order valence-electron chi connectivity index (χ4n) is 0.144. The minimum atomic E-state index is -0.917. The Morgan fingerprint density at radius 1 is 1.29 bits per heavy atom. The zero-order valence-corrected chi connectivity index (χ0v) is 4.92. The van der Waals surface area contributed by atoms with Crippen molar-refractivity contribution in [1.29, 1.82) is 0 Å². The van der Waals surface area contributed by atoms with E-state index in [4.69, 9.17) is 14.5 Å². The van der Waals surface area contributed by atoms with Gasteiger partial charge in [-0.2, -0.15) is 0 Å². The summed E-state index contributed by atoms with van der Waals surface area (Å²) in [7, 11) is -0.917. The van der Waals surface area contributed by atoms with Crippen LogP contribution in [0.15, 0.2) is 0 Å². The summed E-state index contributed by atoms with van der Waals surface area (Å²) in [6, 6.07) is 0. The molecule has 1 aliphatic heterocycles. The lowest BCUT2D eigenvalue weighted by Crippen LogP contribution is -2.09. The van der Waals surface area contributed by atoms with E-state index < -0.39 is 9.03 Å². The van der Waals surface area contributed by atoms with Gasteiger partial charge in [-0.1, -0.05) is 0 Å². The minimum Gasteiger partial charge on any atom is -0.381 e. The molecule has 0 aromatic carbocycles. The fourth-order valence-corrected chi connectivity index (χ4v) is 0.144. The highest BCUT2D eigenvalue weighted by atomic mass is 31.1. The lowest BCUT2D eigenvalue weighted by Gasteiger charge is -2.09. The predicted octanol–water partition coefficient (Wildman–Crippen LogP) is -0.114. The molecule has 0 atom stereocenters. The summed E-state index contributed by atoms with van der Waals surface area (Å²) >= 11 is 0. The summed E-state index contributed by atoms with van der Waals surface area (Å²) in [5.41, 5.74) is 0. The van der Waals surface area contributed by atoms with Crippen LogP contribution in [0.5, 0.6) is 0 Å². The van der Waals surface area contributed by atoms with Crippen LogP contribution in [0.1, 0.15) is 6.42 Å². The molecule has 2 N–H and O–H groups in total. The third-order valence-electron chi connectivity index (χ3n) is 0.577. The summed E-state index contributed by atoms with van der Waals surface area (Å²) in [6.07, 6.45) is 1.28. The molecule has 0 aromatic heterocycles. The Labute approximate surface area is 44.3 Å². The van der Waals surface area contributed by atoms with Crippen molar-refractivity contribution in [1.82, 2.24) is 0 Å². The van der Waals surface area contributed by atoms with E-state index in [9.17, 15) is 0 Å². The van der Waals surface area contributed by atoms with E-state index in [1.165, 1.54) is 6.42 Å². The van der Waals surface area contributed by atoms with Gasteiger partial charge in [0.2, 0.25) is 0 Å². The van der Waals surface area contributed by atoms with Crippen molar-refractivity contribution in [3.05, 3.63) is 0 Å². The molecule has 1 heterocycles. The molecular weight excluding hydrogens is 115 g/mol. The van der Waals surface area contributed by atoms with Crippen LogP contribution in [0.3, 0.4) is 0 Å². The molecule has 0 spiro atoms. The first-order chi connectivity index (χ1) is 3.41. The monoisotopic (exact) mass is 124 g/mol. The molecule has 0 radical (unpaired) electrons. The average Bonchev–Trinajstić information content (AvgIpc) is 1.27. The highest BCUT2D eigenvalue weighted by Crippen LogP contribution is 1.93. The maximum absolute atomic E-state index is 7.15. The number of ether oxygens (including phenoxy) is 1. The van der Waals surface area contributed by atoms with Crippen molar-refractivity contribution < 1.29 is 14.5 Å². The molecule has 0 saturated carbocycles. The molecule has 0 bridgehead atoms. The first kappa shape index (κ1) is 7.31. The second-order valence-electron chi connectivity index (χ2n) is 1.07. The topological polar surface area (TPSA) is 49.7 Å². The van der Waals surface area contributed by atoms with E-state index in [1.54, 1.807) is 0 Å². The SMILES string of the molecule is C1COC1.OPO. The maximum atomic E-state index is 7.15. The van der Waals surface area contributed by atoms with Crippen LogP contribution in [0.2, 0.25) is 0 Å². The molecule has 1 aliphatic rings. The quantitative estimate of drug-likeness (QED) is 0.443. The molecule has 1 saturated heterocycles. The van der Waals surface area contributed by atoms with E-state index in [0.717, 1.165) is 13.2 Å². The zero-order valence-electron chi connectivity index (χ0n) is 3.92. The normalized spacial score (nSPS) is 16.3. The Kier molecular flexibility index (Phi) is 6.59. The van der Waals surface area contributed by atoms with Crippen molar-refractivity contribution in [2.75, 3.05) is 13.2 Å². The Morgan fingerprint density at radius 3 is 1.43 bits per heavy atom. The van der Waals surface area contributed by atoms with Crippen molar-refractivity contribution in [2.24, 2.45) is 0 Å². The van der Waals surface area contributed by atoms with Gasteiger partial charge in [-0.3, -0.25) is 0 Å². The van der Waals surface area contributed by atoms with Gasteiger partial charge in [-0.15, -0.1) is 0 Å². The smallest absolute Gasteiger partial charge is 0.149 e. The van der Waals surface area contributed by atoms with Crippen LogP contribution in [-0.2, 0) is 4.74 Å². The number of hydrogen-bond acceptors (Lipinski definition) is 3. The van der Waals surface area contributed by atoms with Gasteiger partial charge in [0.15, 0.2) is 0 Å². The average molecular weight is 124 g/mol. The second-order valence-corrected chi connectivity index (χ2v) is 1.27. The van der Waals surface area contributed by atoms with Crippen LogP contribution >= 0.6 is 9.03 Å². The van der Waals surface area contributed by atoms with Crippen LogP contribution in [0.4, 0.5) is 0 Å². The Balaban J connectivity index is 0.000000110. The van der Waals surface area contributed by atoms with E-state index in [-0.39, 0.29) is 0 Å². The summed E-state index contributed by atoms with van der Waals surface area (Å²) in [5, 5.41) is 0. The molecule has 0 aromatic rings. The molecule has 44 valence electrons. The third-order valence-corrected chi connectivity index (χ3v) is 0.577. The minimum absolute atomic E-state index is 0.917. The van der Waals surface area contributed by atoms with Crippen molar-refractivity contribution in [3.63, 3.8) is 0 Å². The maximum Gasteiger partial charge on any atom is 0.149 e. The molecule has 0 unspecified atom stereocenters. The van der Waals surface area contributed by atoms with Crippen LogP contribution in [0.25, 0.3) is 0 Å². The van der Waals surface area contributed by atoms with E-state index >= 15 is 0 Å². The van der Waals surface area contributed by atoms with Crippen LogP contribution < -0.4 is 0 Å². The molecule has 0 amide bonds. The van der Waals surface area contributed by atoms with Gasteiger partial charge in [0.1, 0.15) is 9.03 Å². The lowest BCUT2D eigenvalue weighted by molar-refractivity contribution is 0.0367. The highest BCUT2D eigenvalue weighted by molar-refractivity contribution is 7.23. The van der Waals surface area contributed by atoms with E-state index in [2.05, 4.69) is 0 Å². The standard InChI is InChI=1S/C3H6O.H3O2P/c1-2-4-3-1;1-3-2/h1-3H2;1-3H. The molecule has 4 heteroatoms. The van der Waals surface area contributed by atoms with Gasteiger partial charge >= 0.3 is 0 Å². The Morgan fingerprint density at radius 2 is 1.43 bits per heavy atom. The van der Waals surface area contributed by atoms with Crippen molar-refractivity contribution in [3.8, 4) is 0 Å². The second kappa shape index (κ2) is 6.31. The summed E-state index contributed by atoms with van der Waals surface area (Å²) in [4.78, 5) is 14.3. The number of hydrogen-bond donors (Lipinski definition) is 2. The zero-order chi connectivity index (χ0) is 5.54. The van der Waals surface area contributed by atoms with Crippen LogP contribution in [0, 0.1) is 0 Å². The highest BCUT2D eigenvalue weighted by Gasteiger charge is 1.94. The lowest BCUT2D eigenvalue weighted by atomic mass is 10.4. The predicted molar refractivity (Wildman–Crippen MR) is 28.2 cm³/mol. The summed E-state index contributed by atoms with van der Waals surface area (Å²) in [6.45, 7) is 2.00. The Hall–Kier alpha value is 0.310. The van der Waals surface area contributed by atoms with Crippen molar-refractivity contribution >= 4 is 9.03 Å². The van der Waals surface area contributed by atoms with Gasteiger partial charge in [-0.25, -0.2) is 0 Å². The van der Waals surface area contributed by atoms with Gasteiger partial charge in [0.25, 0.3) is 0 Å². The van der Waals surface area contributed by atoms with Gasteiger partial charge in [-0.05, 0) is 6.42 Å². The summed E-state index contributed by atoms with van der Waals surface area (Å²) in [5.74, 6) is 0. The number of rotatable bonds is 0. The molecule has 1 fully saturated rings. The molecule has 0 aliphatic carbocycles. The molecule has 1 rings (SSSR count). The van der Waals surface area contributed by atoms with Crippen molar-refractivity contribution in [2.45, 2.75) is 6.42 Å². The molecule has 3 nitrogen and oxygen atoms in total. The summed E-state index contributed by atoms with van der Waals surface area (Å²) < 4.78 is 4.72. The van der Waals surface area contributed by atoms with Gasteiger partial charge in [0, 0.05) is 13.2 Å². The Bertz CT molecular complexity index is 25.4. The largest absolute Gasteiger partial charge is 0.381 e. The van der Waals surface area contributed by atoms with Crippen LogP contribution in [-0.4, -0.2) is 23.0 Å². The molecular formula is C3H9O3P. The first-order valence-electron chi connectivity index (χ1n) is 2.02. The van der Waals surface area contributed by atoms with Gasteiger partial charge in [0.05, 0.1) is 0 Å². The van der Waals surface area contributed by atoms with E-state index in [0.29, 0.717) is 0 Å². The van der Waals surface area contributed by atoms with E-state index in [1.807, 2.05) is 0 Å². The first-order valence-corrected chi connectivity index (χ1v) is 2.92. The van der Waals surface area contributed by atoms with Gasteiger partial charge < -0.3 is 14.5 Å².